The van der Waals surface area contributed by atoms with Crippen LogP contribution in [-0.4, -0.2) is 35.5 Å². The predicted octanol–water partition coefficient (Wildman–Crippen LogP) is 2.31. The Hall–Kier alpha value is -0.220. The zero-order valence-electron chi connectivity index (χ0n) is 11.7. The Morgan fingerprint density at radius 2 is 1.79 bits per heavy atom. The summed E-state index contributed by atoms with van der Waals surface area (Å²) < 4.78 is 0. The van der Waals surface area contributed by atoms with Gasteiger partial charge >= 0.3 is 0 Å². The molecule has 4 heteroatoms. The SMILES string of the molecule is O=C(NC1CCSCC1)C1CCC2CCCCC2N1. The molecule has 3 fully saturated rings. The average Bonchev–Trinajstić information content (AvgIpc) is 2.48. The van der Waals surface area contributed by atoms with Gasteiger partial charge in [0.1, 0.15) is 0 Å². The number of carbonyl (C=O) groups is 1. The zero-order valence-corrected chi connectivity index (χ0v) is 12.5. The summed E-state index contributed by atoms with van der Waals surface area (Å²) in [6.45, 7) is 0. The van der Waals surface area contributed by atoms with Crippen LogP contribution in [0.3, 0.4) is 0 Å². The van der Waals surface area contributed by atoms with Crippen LogP contribution in [-0.2, 0) is 4.79 Å². The number of hydrogen-bond acceptors (Lipinski definition) is 3. The van der Waals surface area contributed by atoms with Gasteiger partial charge in [0.15, 0.2) is 0 Å². The molecule has 2 heterocycles. The van der Waals surface area contributed by atoms with Gasteiger partial charge in [-0.25, -0.2) is 0 Å². The predicted molar refractivity (Wildman–Crippen MR) is 80.4 cm³/mol. The van der Waals surface area contributed by atoms with Gasteiger partial charge in [-0.05, 0) is 55.9 Å². The Kier molecular flexibility index (Phi) is 4.69. The third-order valence-corrected chi connectivity index (χ3v) is 6.08. The molecular formula is C15H26N2OS. The first kappa shape index (κ1) is 13.7. The second-order valence-electron chi connectivity index (χ2n) is 6.34. The molecular weight excluding hydrogens is 256 g/mol. The van der Waals surface area contributed by atoms with Crippen molar-refractivity contribution in [3.05, 3.63) is 0 Å². The highest BCUT2D eigenvalue weighted by Gasteiger charge is 2.34. The molecule has 2 N–H and O–H groups in total. The summed E-state index contributed by atoms with van der Waals surface area (Å²) in [5.41, 5.74) is 0. The number of piperidine rings is 1. The standard InChI is InChI=1S/C15H26N2OS/c18-15(16-12-7-9-19-10-8-12)14-6-5-11-3-1-2-4-13(11)17-14/h11-14,17H,1-10H2,(H,16,18). The molecule has 0 aromatic rings. The maximum Gasteiger partial charge on any atom is 0.237 e. The summed E-state index contributed by atoms with van der Waals surface area (Å²) in [4.78, 5) is 12.4. The van der Waals surface area contributed by atoms with E-state index in [-0.39, 0.29) is 11.9 Å². The van der Waals surface area contributed by atoms with E-state index >= 15 is 0 Å². The normalized spacial score (nSPS) is 36.5. The van der Waals surface area contributed by atoms with Crippen LogP contribution in [0.4, 0.5) is 0 Å². The summed E-state index contributed by atoms with van der Waals surface area (Å²) in [7, 11) is 0. The Labute approximate surface area is 120 Å². The molecule has 19 heavy (non-hydrogen) atoms. The summed E-state index contributed by atoms with van der Waals surface area (Å²) in [5, 5.41) is 6.90. The lowest BCUT2D eigenvalue weighted by Gasteiger charge is -2.40. The molecule has 1 aliphatic carbocycles. The van der Waals surface area contributed by atoms with E-state index in [1.54, 1.807) is 0 Å². The highest BCUT2D eigenvalue weighted by Crippen LogP contribution is 2.32. The first-order valence-corrected chi connectivity index (χ1v) is 9.12. The van der Waals surface area contributed by atoms with Crippen LogP contribution in [0.5, 0.6) is 0 Å². The lowest BCUT2D eigenvalue weighted by atomic mass is 9.77. The lowest BCUT2D eigenvalue weighted by molar-refractivity contribution is -0.125. The van der Waals surface area contributed by atoms with Crippen LogP contribution in [0, 0.1) is 5.92 Å². The Morgan fingerprint density at radius 1 is 1.00 bits per heavy atom. The molecule has 3 aliphatic rings. The molecule has 1 amide bonds. The molecule has 0 radical (unpaired) electrons. The molecule has 1 saturated carbocycles. The smallest absolute Gasteiger partial charge is 0.237 e. The fraction of sp³-hybridized carbons (Fsp3) is 0.933. The van der Waals surface area contributed by atoms with Gasteiger partial charge in [0.25, 0.3) is 0 Å². The van der Waals surface area contributed by atoms with Crippen molar-refractivity contribution in [3.8, 4) is 0 Å². The molecule has 2 aliphatic heterocycles. The first-order chi connectivity index (χ1) is 9.33. The van der Waals surface area contributed by atoms with Crippen molar-refractivity contribution in [1.82, 2.24) is 10.6 Å². The van der Waals surface area contributed by atoms with E-state index in [1.165, 1.54) is 43.6 Å². The van der Waals surface area contributed by atoms with Crippen LogP contribution < -0.4 is 10.6 Å². The molecule has 2 saturated heterocycles. The Bertz CT molecular complexity index is 317. The third-order valence-electron chi connectivity index (χ3n) is 5.03. The van der Waals surface area contributed by atoms with Gasteiger partial charge in [-0.1, -0.05) is 12.8 Å². The summed E-state index contributed by atoms with van der Waals surface area (Å²) in [6.07, 6.45) is 9.94. The third kappa shape index (κ3) is 3.46. The van der Waals surface area contributed by atoms with E-state index in [0.717, 1.165) is 25.2 Å². The minimum Gasteiger partial charge on any atom is -0.352 e. The van der Waals surface area contributed by atoms with E-state index in [9.17, 15) is 4.79 Å². The van der Waals surface area contributed by atoms with Crippen molar-refractivity contribution in [3.63, 3.8) is 0 Å². The van der Waals surface area contributed by atoms with Gasteiger partial charge in [0, 0.05) is 12.1 Å². The van der Waals surface area contributed by atoms with E-state index in [0.29, 0.717) is 12.1 Å². The van der Waals surface area contributed by atoms with Gasteiger partial charge in [-0.3, -0.25) is 4.79 Å². The largest absolute Gasteiger partial charge is 0.352 e. The highest BCUT2D eigenvalue weighted by atomic mass is 32.2. The molecule has 0 aromatic carbocycles. The van der Waals surface area contributed by atoms with Crippen LogP contribution >= 0.6 is 11.8 Å². The zero-order chi connectivity index (χ0) is 13.1. The number of thioether (sulfide) groups is 1. The second kappa shape index (κ2) is 6.49. The Balaban J connectivity index is 1.49. The number of rotatable bonds is 2. The van der Waals surface area contributed by atoms with Crippen molar-refractivity contribution in [2.24, 2.45) is 5.92 Å². The first-order valence-electron chi connectivity index (χ1n) is 7.97. The van der Waals surface area contributed by atoms with Crippen molar-refractivity contribution in [1.29, 1.82) is 0 Å². The maximum absolute atomic E-state index is 12.4. The minimum atomic E-state index is 0.0777. The van der Waals surface area contributed by atoms with Crippen LogP contribution in [0.25, 0.3) is 0 Å². The lowest BCUT2D eigenvalue weighted by Crippen LogP contribution is -2.56. The van der Waals surface area contributed by atoms with Gasteiger partial charge in [0.05, 0.1) is 6.04 Å². The van der Waals surface area contributed by atoms with Gasteiger partial charge in [0.2, 0.25) is 5.91 Å². The van der Waals surface area contributed by atoms with Crippen LogP contribution in [0.2, 0.25) is 0 Å². The van der Waals surface area contributed by atoms with Crippen molar-refractivity contribution in [2.75, 3.05) is 11.5 Å². The monoisotopic (exact) mass is 282 g/mol. The molecule has 0 spiro atoms. The van der Waals surface area contributed by atoms with E-state index < -0.39 is 0 Å². The number of nitrogens with one attached hydrogen (secondary N) is 2. The topological polar surface area (TPSA) is 41.1 Å². The minimum absolute atomic E-state index is 0.0777. The van der Waals surface area contributed by atoms with Gasteiger partial charge in [-0.15, -0.1) is 0 Å². The number of carbonyl (C=O) groups excluding carboxylic acids is 1. The van der Waals surface area contributed by atoms with Crippen LogP contribution in [0.15, 0.2) is 0 Å². The number of hydrogen-bond donors (Lipinski definition) is 2. The fourth-order valence-electron chi connectivity index (χ4n) is 3.85. The fourth-order valence-corrected chi connectivity index (χ4v) is 4.95. The molecule has 3 rings (SSSR count). The molecule has 108 valence electrons. The van der Waals surface area contributed by atoms with Crippen molar-refractivity contribution in [2.45, 2.75) is 69.5 Å². The van der Waals surface area contributed by atoms with E-state index in [2.05, 4.69) is 10.6 Å². The highest BCUT2D eigenvalue weighted by molar-refractivity contribution is 7.99. The second-order valence-corrected chi connectivity index (χ2v) is 7.57. The number of amides is 1. The quantitative estimate of drug-likeness (QED) is 0.816. The molecule has 3 atom stereocenters. The van der Waals surface area contributed by atoms with Crippen molar-refractivity contribution >= 4 is 17.7 Å². The molecule has 3 unspecified atom stereocenters. The molecule has 3 nitrogen and oxygen atoms in total. The van der Waals surface area contributed by atoms with Gasteiger partial charge < -0.3 is 10.6 Å². The van der Waals surface area contributed by atoms with Crippen molar-refractivity contribution < 1.29 is 4.79 Å². The summed E-state index contributed by atoms with van der Waals surface area (Å²) >= 11 is 2.01. The molecule has 0 aromatic heterocycles. The summed E-state index contributed by atoms with van der Waals surface area (Å²) in [6, 6.07) is 1.12. The van der Waals surface area contributed by atoms with Crippen LogP contribution in [0.1, 0.15) is 51.4 Å². The Morgan fingerprint density at radius 3 is 2.63 bits per heavy atom. The maximum atomic E-state index is 12.4. The summed E-state index contributed by atoms with van der Waals surface area (Å²) in [5.74, 6) is 3.51. The number of fused-ring (bicyclic) bond motifs is 1. The van der Waals surface area contributed by atoms with Gasteiger partial charge in [-0.2, -0.15) is 11.8 Å². The molecule has 0 bridgehead atoms. The van der Waals surface area contributed by atoms with E-state index in [4.69, 9.17) is 0 Å². The average molecular weight is 282 g/mol. The van der Waals surface area contributed by atoms with E-state index in [1.807, 2.05) is 11.8 Å².